The number of carbonyl (C=O) groups excluding carboxylic acids is 1. The Kier molecular flexibility index (Phi) is 9.73. The highest BCUT2D eigenvalue weighted by atomic mass is 35.5. The topological polar surface area (TPSA) is 159 Å². The van der Waals surface area contributed by atoms with Crippen LogP contribution in [0.5, 0.6) is 0 Å². The highest BCUT2D eigenvalue weighted by molar-refractivity contribution is 6.31. The second-order valence-electron chi connectivity index (χ2n) is 6.51. The van der Waals surface area contributed by atoms with Gasteiger partial charge in [0.15, 0.2) is 17.7 Å². The first kappa shape index (κ1) is 27.3. The van der Waals surface area contributed by atoms with Crippen LogP contribution in [0.15, 0.2) is 32.8 Å². The quantitative estimate of drug-likeness (QED) is 0.123. The third-order valence-electron chi connectivity index (χ3n) is 3.76. The highest BCUT2D eigenvalue weighted by Gasteiger charge is 2.42. The predicted molar refractivity (Wildman–Crippen MR) is 112 cm³/mol. The molecule has 188 valence electrons. The van der Waals surface area contributed by atoms with E-state index in [2.05, 4.69) is 40.4 Å². The van der Waals surface area contributed by atoms with Crippen molar-refractivity contribution in [2.75, 3.05) is 13.7 Å². The molecule has 0 saturated heterocycles. The summed E-state index contributed by atoms with van der Waals surface area (Å²) in [4.78, 5) is 23.2. The molecule has 0 bridgehead atoms. The minimum Gasteiger partial charge on any atom is -0.383 e. The maximum Gasteiger partial charge on any atom is 0.493 e. The Balaban J connectivity index is 2.37. The maximum atomic E-state index is 13.5. The van der Waals surface area contributed by atoms with Crippen LogP contribution in [-0.4, -0.2) is 54.0 Å². The lowest BCUT2D eigenvalue weighted by molar-refractivity contribution is -0.203. The van der Waals surface area contributed by atoms with Gasteiger partial charge in [-0.3, -0.25) is 5.32 Å². The minimum atomic E-state index is -5.31. The van der Waals surface area contributed by atoms with Gasteiger partial charge in [0, 0.05) is 13.2 Å². The number of guanidine groups is 1. The van der Waals surface area contributed by atoms with E-state index in [0.29, 0.717) is 0 Å². The largest absolute Gasteiger partial charge is 0.493 e. The lowest BCUT2D eigenvalue weighted by atomic mass is 10.2. The predicted octanol–water partition coefficient (Wildman–Crippen LogP) is 2.10. The van der Waals surface area contributed by atoms with Gasteiger partial charge >= 0.3 is 12.1 Å². The first-order valence-corrected chi connectivity index (χ1v) is 9.77. The van der Waals surface area contributed by atoms with E-state index in [-0.39, 0.29) is 47.3 Å². The molecule has 2 aromatic rings. The van der Waals surface area contributed by atoms with Crippen molar-refractivity contribution < 1.29 is 36.6 Å². The number of hydrogen-bond donors (Lipinski definition) is 3. The molecular formula is C18H17ClF4N8O4. The molecule has 12 nitrogen and oxygen atoms in total. The molecule has 1 aromatic carbocycles. The number of carbonyl (C=O) groups is 1. The number of ether oxygens (including phenoxy) is 1. The summed E-state index contributed by atoms with van der Waals surface area (Å²) in [5.74, 6) is -3.89. The molecule has 35 heavy (non-hydrogen) atoms. The van der Waals surface area contributed by atoms with Crippen LogP contribution < -0.4 is 16.1 Å². The molecule has 0 saturated carbocycles. The van der Waals surface area contributed by atoms with Crippen LogP contribution in [-0.2, 0) is 20.9 Å². The number of alkyl halides is 3. The monoisotopic (exact) mass is 520 g/mol. The molecule has 0 radical (unpaired) electrons. The fourth-order valence-corrected chi connectivity index (χ4v) is 2.48. The molecule has 0 aliphatic carbocycles. The zero-order chi connectivity index (χ0) is 26.0. The van der Waals surface area contributed by atoms with Crippen molar-refractivity contribution in [1.29, 1.82) is 5.26 Å². The smallest absolute Gasteiger partial charge is 0.383 e. The van der Waals surface area contributed by atoms with Crippen LogP contribution in [0.1, 0.15) is 18.3 Å². The number of rotatable bonds is 7. The maximum absolute atomic E-state index is 13.5. The zero-order valence-electron chi connectivity index (χ0n) is 18.0. The van der Waals surface area contributed by atoms with Crippen LogP contribution in [0.25, 0.3) is 0 Å². The molecule has 3 N–H and O–H groups in total. The van der Waals surface area contributed by atoms with Gasteiger partial charge in [0.05, 0.1) is 23.9 Å². The van der Waals surface area contributed by atoms with Gasteiger partial charge in [0.2, 0.25) is 5.96 Å². The van der Waals surface area contributed by atoms with E-state index >= 15 is 0 Å². The number of benzene rings is 1. The Morgan fingerprint density at radius 2 is 2.11 bits per heavy atom. The molecule has 1 aromatic heterocycles. The fourth-order valence-electron chi connectivity index (χ4n) is 2.30. The van der Waals surface area contributed by atoms with Gasteiger partial charge < -0.3 is 14.9 Å². The van der Waals surface area contributed by atoms with Crippen molar-refractivity contribution >= 4 is 35.1 Å². The molecule has 17 heteroatoms. The Morgan fingerprint density at radius 1 is 1.37 bits per heavy atom. The molecule has 2 rings (SSSR count). The summed E-state index contributed by atoms with van der Waals surface area (Å²) in [6, 6.07) is 2.92. The van der Waals surface area contributed by atoms with Crippen molar-refractivity contribution in [3.05, 3.63) is 40.4 Å². The molecule has 0 aliphatic rings. The Labute approximate surface area is 199 Å². The summed E-state index contributed by atoms with van der Waals surface area (Å²) in [6.07, 6.45) is -3.63. The third-order valence-corrected chi connectivity index (χ3v) is 4.05. The van der Waals surface area contributed by atoms with Crippen LogP contribution in [0.2, 0.25) is 5.02 Å². The van der Waals surface area contributed by atoms with Gasteiger partial charge in [-0.2, -0.15) is 23.9 Å². The van der Waals surface area contributed by atoms with E-state index in [9.17, 15) is 22.4 Å². The van der Waals surface area contributed by atoms with E-state index in [1.54, 1.807) is 18.6 Å². The van der Waals surface area contributed by atoms with Gasteiger partial charge in [0.1, 0.15) is 11.5 Å². The van der Waals surface area contributed by atoms with Crippen molar-refractivity contribution in [3.63, 3.8) is 0 Å². The first-order chi connectivity index (χ1) is 16.5. The summed E-state index contributed by atoms with van der Waals surface area (Å²) < 4.78 is 60.7. The van der Waals surface area contributed by atoms with Crippen molar-refractivity contribution in [2.24, 2.45) is 9.98 Å². The standard InChI is InChI=1S/C18H17ClF4N8O4/c1-9(7-33-2)27-17(26-8-24)25-6-13-14(30-35-29-13)15(31-34-16(32)18(21,22)23)28-10-3-4-12(20)11(19)5-10/h3-5,9H,6-7H2,1-2H3,(H,28,31)(H2,25,26,27). The fraction of sp³-hybridized carbons (Fsp3) is 0.333. The van der Waals surface area contributed by atoms with Gasteiger partial charge in [-0.25, -0.2) is 23.8 Å². The molecule has 1 unspecified atom stereocenters. The second kappa shape index (κ2) is 12.5. The molecule has 0 amide bonds. The summed E-state index contributed by atoms with van der Waals surface area (Å²) in [7, 11) is 1.48. The molecule has 0 spiro atoms. The van der Waals surface area contributed by atoms with Crippen LogP contribution in [0, 0.1) is 17.3 Å². The average Bonchev–Trinajstić information content (AvgIpc) is 3.25. The number of aromatic nitrogens is 2. The number of hydroxylamine groups is 1. The van der Waals surface area contributed by atoms with Crippen molar-refractivity contribution in [3.8, 4) is 6.19 Å². The van der Waals surface area contributed by atoms with Gasteiger partial charge in [-0.1, -0.05) is 16.8 Å². The van der Waals surface area contributed by atoms with E-state index < -0.39 is 23.8 Å². The lowest BCUT2D eigenvalue weighted by Crippen LogP contribution is -2.42. The van der Waals surface area contributed by atoms with Gasteiger partial charge in [-0.15, -0.1) is 0 Å². The average molecular weight is 521 g/mol. The normalized spacial score (nSPS) is 13.1. The molecular weight excluding hydrogens is 504 g/mol. The summed E-state index contributed by atoms with van der Waals surface area (Å²) in [5.41, 5.74) is 1.33. The first-order valence-electron chi connectivity index (χ1n) is 9.39. The van der Waals surface area contributed by atoms with Gasteiger partial charge in [0.25, 0.3) is 0 Å². The summed E-state index contributed by atoms with van der Waals surface area (Å²) in [6.45, 7) is 1.72. The molecule has 1 heterocycles. The van der Waals surface area contributed by atoms with Crippen LogP contribution in [0.3, 0.4) is 0 Å². The number of aliphatic imine (C=N–C) groups is 2. The van der Waals surface area contributed by atoms with Gasteiger partial charge in [-0.05, 0) is 30.3 Å². The van der Waals surface area contributed by atoms with Crippen LogP contribution >= 0.6 is 11.6 Å². The SMILES string of the molecule is COCC(C)NC(=NCc1nonc1C(=Nc1ccc(F)c(Cl)c1)NOC(=O)C(F)(F)F)NC#N. The number of amidine groups is 1. The van der Waals surface area contributed by atoms with E-state index in [1.807, 2.05) is 0 Å². The molecule has 0 aliphatic heterocycles. The summed E-state index contributed by atoms with van der Waals surface area (Å²) in [5, 5.41) is 20.9. The minimum absolute atomic E-state index is 0.0197. The molecule has 1 atom stereocenters. The van der Waals surface area contributed by atoms with Crippen LogP contribution in [0.4, 0.5) is 23.2 Å². The highest BCUT2D eigenvalue weighted by Crippen LogP contribution is 2.23. The lowest BCUT2D eigenvalue weighted by Gasteiger charge is -2.14. The summed E-state index contributed by atoms with van der Waals surface area (Å²) >= 11 is 5.71. The number of nitrogens with zero attached hydrogens (tertiary/aromatic N) is 5. The van der Waals surface area contributed by atoms with E-state index in [4.69, 9.17) is 21.6 Å². The number of nitriles is 1. The van der Waals surface area contributed by atoms with Crippen molar-refractivity contribution in [1.82, 2.24) is 26.4 Å². The number of halogens is 5. The number of hydrogen-bond acceptors (Lipinski definition) is 9. The third kappa shape index (κ3) is 8.39. The Morgan fingerprint density at radius 3 is 2.74 bits per heavy atom. The molecule has 0 fully saturated rings. The number of methoxy groups -OCH3 is 1. The second-order valence-corrected chi connectivity index (χ2v) is 6.92. The number of nitrogens with one attached hydrogen (secondary N) is 3. The van der Waals surface area contributed by atoms with E-state index in [0.717, 1.165) is 18.2 Å². The Bertz CT molecular complexity index is 1130. The Hall–Kier alpha value is -3.97. The zero-order valence-corrected chi connectivity index (χ0v) is 18.7. The van der Waals surface area contributed by atoms with E-state index in [1.165, 1.54) is 7.11 Å². The van der Waals surface area contributed by atoms with Crippen molar-refractivity contribution in [2.45, 2.75) is 25.7 Å².